The van der Waals surface area contributed by atoms with Crippen LogP contribution in [0.15, 0.2) is 43.0 Å². The third-order valence-corrected chi connectivity index (χ3v) is 11.0. The summed E-state index contributed by atoms with van der Waals surface area (Å²) in [6.45, 7) is 4.26. The fourth-order valence-corrected chi connectivity index (χ4v) is 7.63. The minimum absolute atomic E-state index is 0.0411. The Balaban J connectivity index is 1.11. The molecule has 49 heavy (non-hydrogen) atoms. The Kier molecular flexibility index (Phi) is 11.4. The van der Waals surface area contributed by atoms with E-state index in [0.29, 0.717) is 54.2 Å². The SMILES string of the molecule is COc1ncc(C2CCC(CN(C(=O)C3CCCCC3)c3cc(-c4cnn(C(C)COC(=O)N5CC(N(C)C)C5)c4)ccn3)CC2)cc1Cl. The van der Waals surface area contributed by atoms with Crippen molar-refractivity contribution in [3.63, 3.8) is 0 Å². The summed E-state index contributed by atoms with van der Waals surface area (Å²) in [7, 11) is 5.62. The van der Waals surface area contributed by atoms with E-state index in [2.05, 4.69) is 15.0 Å². The Hall–Kier alpha value is -3.70. The van der Waals surface area contributed by atoms with Crippen LogP contribution in [0.25, 0.3) is 11.1 Å². The molecule has 3 aromatic rings. The minimum atomic E-state index is -0.283. The Morgan fingerprint density at radius 3 is 2.45 bits per heavy atom. The van der Waals surface area contributed by atoms with Crippen molar-refractivity contribution in [1.82, 2.24) is 29.5 Å². The monoisotopic (exact) mass is 691 g/mol. The van der Waals surface area contributed by atoms with Crippen molar-refractivity contribution in [2.24, 2.45) is 11.8 Å². The van der Waals surface area contributed by atoms with Crippen LogP contribution >= 0.6 is 11.6 Å². The van der Waals surface area contributed by atoms with Crippen molar-refractivity contribution in [3.05, 3.63) is 53.6 Å². The summed E-state index contributed by atoms with van der Waals surface area (Å²) in [4.78, 5) is 41.6. The number of hydrogen-bond donors (Lipinski definition) is 0. The highest BCUT2D eigenvalue weighted by molar-refractivity contribution is 6.31. The molecule has 12 heteroatoms. The Bertz CT molecular complexity index is 1580. The maximum Gasteiger partial charge on any atom is 0.409 e. The van der Waals surface area contributed by atoms with Crippen molar-refractivity contribution in [2.45, 2.75) is 82.7 Å². The summed E-state index contributed by atoms with van der Waals surface area (Å²) < 4.78 is 12.7. The van der Waals surface area contributed by atoms with E-state index < -0.39 is 0 Å². The zero-order valence-corrected chi connectivity index (χ0v) is 30.0. The van der Waals surface area contributed by atoms with Gasteiger partial charge in [0.1, 0.15) is 17.4 Å². The van der Waals surface area contributed by atoms with Gasteiger partial charge in [-0.3, -0.25) is 14.4 Å². The number of likely N-dealkylation sites (N-methyl/N-ethyl adjacent to an activating group) is 1. The molecule has 0 radical (unpaired) electrons. The standard InChI is InChI=1S/C37H50ClN7O4/c1-25(24-49-37(47)43-22-32(23-43)42(2)3)45-21-31(19-41-45)29-14-15-39-34(17-29)44(36(46)28-8-6-5-7-9-28)20-26-10-12-27(13-11-26)30-16-33(38)35(48-4)40-18-30/h14-19,21,25-28,32H,5-13,20,22-24H2,1-4H3. The average molecular weight is 692 g/mol. The number of rotatable bonds is 11. The second kappa shape index (κ2) is 15.9. The van der Waals surface area contributed by atoms with Gasteiger partial charge in [0.2, 0.25) is 11.8 Å². The van der Waals surface area contributed by atoms with Crippen LogP contribution in [-0.4, -0.2) is 95.0 Å². The number of carbonyl (C=O) groups is 2. The lowest BCUT2D eigenvalue weighted by Gasteiger charge is -2.41. The molecule has 4 heterocycles. The van der Waals surface area contributed by atoms with Crippen LogP contribution < -0.4 is 9.64 Å². The molecular formula is C37H50ClN7O4. The van der Waals surface area contributed by atoms with Crippen LogP contribution in [-0.2, 0) is 9.53 Å². The number of hydrogen-bond acceptors (Lipinski definition) is 8. The van der Waals surface area contributed by atoms with Gasteiger partial charge in [-0.1, -0.05) is 30.9 Å². The summed E-state index contributed by atoms with van der Waals surface area (Å²) >= 11 is 6.39. The average Bonchev–Trinajstić information content (AvgIpc) is 3.60. The largest absolute Gasteiger partial charge is 0.480 e. The molecule has 11 nitrogen and oxygen atoms in total. The molecule has 2 amide bonds. The molecule has 1 unspecified atom stereocenters. The van der Waals surface area contributed by atoms with Crippen molar-refractivity contribution in [3.8, 4) is 17.0 Å². The zero-order chi connectivity index (χ0) is 34.5. The van der Waals surface area contributed by atoms with Gasteiger partial charge in [-0.25, -0.2) is 14.8 Å². The van der Waals surface area contributed by atoms with Crippen molar-refractivity contribution in [1.29, 1.82) is 0 Å². The molecule has 2 saturated carbocycles. The number of pyridine rings is 2. The maximum absolute atomic E-state index is 14.1. The number of halogens is 1. The van der Waals surface area contributed by atoms with E-state index in [1.807, 2.05) is 67.4 Å². The highest BCUT2D eigenvalue weighted by Crippen LogP contribution is 2.39. The second-order valence-electron chi connectivity index (χ2n) is 14.3. The molecule has 3 aliphatic rings. The topological polar surface area (TPSA) is 106 Å². The van der Waals surface area contributed by atoms with Crippen molar-refractivity contribution >= 4 is 29.4 Å². The van der Waals surface area contributed by atoms with Gasteiger partial charge in [-0.05, 0) is 101 Å². The summed E-state index contributed by atoms with van der Waals surface area (Å²) in [6.07, 6.45) is 16.5. The molecule has 264 valence electrons. The minimum Gasteiger partial charge on any atom is -0.480 e. The summed E-state index contributed by atoms with van der Waals surface area (Å²) in [5.41, 5.74) is 3.02. The van der Waals surface area contributed by atoms with Gasteiger partial charge in [-0.2, -0.15) is 5.10 Å². The van der Waals surface area contributed by atoms with E-state index in [1.54, 1.807) is 18.2 Å². The number of methoxy groups -OCH3 is 1. The first-order valence-electron chi connectivity index (χ1n) is 17.8. The van der Waals surface area contributed by atoms with Crippen LogP contribution in [0.5, 0.6) is 5.88 Å². The van der Waals surface area contributed by atoms with Gasteiger partial charge < -0.3 is 19.3 Å². The van der Waals surface area contributed by atoms with E-state index >= 15 is 0 Å². The highest BCUT2D eigenvalue weighted by Gasteiger charge is 2.34. The number of nitrogens with zero attached hydrogens (tertiary/aromatic N) is 7. The van der Waals surface area contributed by atoms with Gasteiger partial charge >= 0.3 is 6.09 Å². The number of ether oxygens (including phenoxy) is 2. The fourth-order valence-electron chi connectivity index (χ4n) is 7.38. The summed E-state index contributed by atoms with van der Waals surface area (Å²) in [6, 6.07) is 6.22. The van der Waals surface area contributed by atoms with E-state index in [0.717, 1.165) is 68.1 Å². The number of carbonyl (C=O) groups excluding carboxylic acids is 2. The molecule has 0 bridgehead atoms. The fraction of sp³-hybridized carbons (Fsp3) is 0.595. The molecular weight excluding hydrogens is 642 g/mol. The number of likely N-dealkylation sites (tertiary alicyclic amines) is 1. The van der Waals surface area contributed by atoms with Gasteiger partial charge in [-0.15, -0.1) is 0 Å². The smallest absolute Gasteiger partial charge is 0.409 e. The Morgan fingerprint density at radius 2 is 1.76 bits per heavy atom. The van der Waals surface area contributed by atoms with Crippen molar-refractivity contribution < 1.29 is 19.1 Å². The van der Waals surface area contributed by atoms with Crippen molar-refractivity contribution in [2.75, 3.05) is 52.3 Å². The molecule has 2 aliphatic carbocycles. The molecule has 1 atom stereocenters. The van der Waals surface area contributed by atoms with E-state index in [4.69, 9.17) is 26.1 Å². The first kappa shape index (κ1) is 35.1. The van der Waals surface area contributed by atoms with Crippen LogP contribution in [0.4, 0.5) is 10.6 Å². The first-order chi connectivity index (χ1) is 23.7. The van der Waals surface area contributed by atoms with E-state index in [1.165, 1.54) is 6.42 Å². The van der Waals surface area contributed by atoms with Crippen LogP contribution in [0.3, 0.4) is 0 Å². The predicted octanol–water partition coefficient (Wildman–Crippen LogP) is 6.83. The lowest BCUT2D eigenvalue weighted by molar-refractivity contribution is -0.123. The van der Waals surface area contributed by atoms with Gasteiger partial charge in [0.15, 0.2) is 0 Å². The molecule has 0 N–H and O–H groups in total. The van der Waals surface area contributed by atoms with Gasteiger partial charge in [0.05, 0.1) is 19.3 Å². The summed E-state index contributed by atoms with van der Waals surface area (Å²) in [5.74, 6) is 2.16. The first-order valence-corrected chi connectivity index (χ1v) is 18.2. The summed E-state index contributed by atoms with van der Waals surface area (Å²) in [5, 5.41) is 5.14. The molecule has 0 aromatic carbocycles. The molecule has 3 fully saturated rings. The molecule has 3 aromatic heterocycles. The highest BCUT2D eigenvalue weighted by atomic mass is 35.5. The predicted molar refractivity (Wildman–Crippen MR) is 190 cm³/mol. The number of amides is 2. The van der Waals surface area contributed by atoms with Gasteiger partial charge in [0, 0.05) is 55.7 Å². The third-order valence-electron chi connectivity index (χ3n) is 10.7. The molecule has 6 rings (SSSR count). The van der Waals surface area contributed by atoms with Crippen LogP contribution in [0, 0.1) is 11.8 Å². The van der Waals surface area contributed by atoms with E-state index in [-0.39, 0.29) is 30.6 Å². The lowest BCUT2D eigenvalue weighted by Crippen LogP contribution is -2.59. The second-order valence-corrected chi connectivity index (χ2v) is 14.7. The lowest BCUT2D eigenvalue weighted by atomic mass is 9.78. The van der Waals surface area contributed by atoms with Crippen LogP contribution in [0.2, 0.25) is 5.02 Å². The normalized spacial score (nSPS) is 20.9. The van der Waals surface area contributed by atoms with E-state index in [9.17, 15) is 9.59 Å². The Labute approximate surface area is 294 Å². The quantitative estimate of drug-likeness (QED) is 0.215. The third kappa shape index (κ3) is 8.37. The zero-order valence-electron chi connectivity index (χ0n) is 29.3. The molecule has 1 aliphatic heterocycles. The Morgan fingerprint density at radius 1 is 1.00 bits per heavy atom. The number of aromatic nitrogens is 4. The van der Waals surface area contributed by atoms with Gasteiger partial charge in [0.25, 0.3) is 0 Å². The van der Waals surface area contributed by atoms with Crippen LogP contribution in [0.1, 0.15) is 82.2 Å². The molecule has 0 spiro atoms. The molecule has 1 saturated heterocycles. The maximum atomic E-state index is 14.1. The number of anilines is 1.